The average Bonchev–Trinajstić information content (AvgIpc) is 1.77. The lowest BCUT2D eigenvalue weighted by Gasteiger charge is -1.91. The van der Waals surface area contributed by atoms with Crippen LogP contribution in [0.25, 0.3) is 0 Å². The maximum Gasteiger partial charge on any atom is 0.165 e. The molecule has 1 aromatic heterocycles. The lowest BCUT2D eigenvalue weighted by molar-refractivity contribution is 0.476. The normalized spacial score (nSPS) is 6.00. The fourth-order valence-electron chi connectivity index (χ4n) is 0.409. The highest BCUT2D eigenvalue weighted by molar-refractivity contribution is 5.86. The Hall–Kier alpha value is -0.0900. The van der Waals surface area contributed by atoms with Crippen molar-refractivity contribution in [1.82, 2.24) is 4.98 Å². The summed E-state index contributed by atoms with van der Waals surface area (Å²) in [6, 6.07) is 3.11. The van der Waals surface area contributed by atoms with Gasteiger partial charge in [0.15, 0.2) is 11.6 Å². The van der Waals surface area contributed by atoms with Crippen molar-refractivity contribution in [3.05, 3.63) is 18.3 Å². The van der Waals surface area contributed by atoms with Crippen molar-refractivity contribution in [3.8, 4) is 5.75 Å². The van der Waals surface area contributed by atoms with Crippen LogP contribution in [0.2, 0.25) is 0 Å². The van der Waals surface area contributed by atoms with Crippen LogP contribution in [0.1, 0.15) is 0 Å². The standard InChI is InChI=1S/C5H6N2O.4ClH/c6-5-4(8)2-1-3-7-5;;;;/h1-3,8H,(H2,6,7);4*1H. The maximum absolute atomic E-state index is 8.73. The van der Waals surface area contributed by atoms with Crippen molar-refractivity contribution in [2.24, 2.45) is 0 Å². The number of hydrogen-bond donors (Lipinski definition) is 2. The summed E-state index contributed by atoms with van der Waals surface area (Å²) in [6.45, 7) is 0. The van der Waals surface area contributed by atoms with E-state index in [0.717, 1.165) is 0 Å². The van der Waals surface area contributed by atoms with Crippen LogP contribution in [0.4, 0.5) is 5.82 Å². The molecule has 0 aliphatic carbocycles. The first-order chi connectivity index (χ1) is 3.80. The van der Waals surface area contributed by atoms with E-state index in [-0.39, 0.29) is 61.2 Å². The molecule has 0 aromatic carbocycles. The Kier molecular flexibility index (Phi) is 20.6. The van der Waals surface area contributed by atoms with E-state index in [2.05, 4.69) is 4.98 Å². The van der Waals surface area contributed by atoms with Crippen molar-refractivity contribution in [1.29, 1.82) is 0 Å². The minimum absolute atomic E-state index is 0. The van der Waals surface area contributed by atoms with E-state index in [4.69, 9.17) is 10.8 Å². The van der Waals surface area contributed by atoms with E-state index in [1.807, 2.05) is 0 Å². The van der Waals surface area contributed by atoms with Gasteiger partial charge in [-0.3, -0.25) is 0 Å². The van der Waals surface area contributed by atoms with E-state index >= 15 is 0 Å². The zero-order valence-electron chi connectivity index (χ0n) is 5.84. The number of nitrogen functional groups attached to an aromatic ring is 1. The van der Waals surface area contributed by atoms with Gasteiger partial charge in [0.05, 0.1) is 0 Å². The molecule has 1 aromatic rings. The summed E-state index contributed by atoms with van der Waals surface area (Å²) in [5, 5.41) is 8.73. The second-order valence-electron chi connectivity index (χ2n) is 1.41. The molecule has 0 aliphatic rings. The molecule has 0 bridgehead atoms. The Bertz CT molecular complexity index is 178. The Morgan fingerprint density at radius 3 is 1.92 bits per heavy atom. The van der Waals surface area contributed by atoms with Crippen LogP contribution in [0.3, 0.4) is 0 Å². The third-order valence-corrected chi connectivity index (χ3v) is 0.816. The summed E-state index contributed by atoms with van der Waals surface area (Å²) in [7, 11) is 0. The Morgan fingerprint density at radius 2 is 1.67 bits per heavy atom. The van der Waals surface area contributed by atoms with Crippen molar-refractivity contribution >= 4 is 55.4 Å². The predicted molar refractivity (Wildman–Crippen MR) is 59.3 cm³/mol. The molecule has 7 heteroatoms. The van der Waals surface area contributed by atoms with Crippen LogP contribution in [0.5, 0.6) is 5.75 Å². The van der Waals surface area contributed by atoms with Gasteiger partial charge in [-0.2, -0.15) is 0 Å². The maximum atomic E-state index is 8.73. The highest BCUT2D eigenvalue weighted by Gasteiger charge is 1.89. The SMILES string of the molecule is Cl.Cl.Cl.Cl.Nc1ncccc1O. The molecular weight excluding hydrogens is 246 g/mol. The summed E-state index contributed by atoms with van der Waals surface area (Å²) in [5.74, 6) is 0.208. The van der Waals surface area contributed by atoms with Gasteiger partial charge in [-0.25, -0.2) is 4.98 Å². The molecule has 0 saturated heterocycles. The van der Waals surface area contributed by atoms with Crippen molar-refractivity contribution in [2.75, 3.05) is 5.73 Å². The molecule has 74 valence electrons. The van der Waals surface area contributed by atoms with E-state index in [9.17, 15) is 0 Å². The summed E-state index contributed by atoms with van der Waals surface area (Å²) in [6.07, 6.45) is 1.52. The minimum atomic E-state index is 0. The summed E-state index contributed by atoms with van der Waals surface area (Å²) in [4.78, 5) is 3.61. The first kappa shape index (κ1) is 22.7. The molecule has 0 aliphatic heterocycles. The van der Waals surface area contributed by atoms with Gasteiger partial charge in [-0.1, -0.05) is 0 Å². The van der Waals surface area contributed by atoms with Gasteiger partial charge in [0.25, 0.3) is 0 Å². The number of nitrogens with zero attached hydrogens (tertiary/aromatic N) is 1. The molecule has 12 heavy (non-hydrogen) atoms. The van der Waals surface area contributed by atoms with Gasteiger partial charge in [0, 0.05) is 6.20 Å². The highest BCUT2D eigenvalue weighted by atomic mass is 35.5. The zero-order chi connectivity index (χ0) is 5.98. The number of rotatable bonds is 0. The number of anilines is 1. The second kappa shape index (κ2) is 10.9. The highest BCUT2D eigenvalue weighted by Crippen LogP contribution is 2.12. The zero-order valence-corrected chi connectivity index (χ0v) is 9.10. The third kappa shape index (κ3) is 6.61. The fourth-order valence-corrected chi connectivity index (χ4v) is 0.409. The van der Waals surface area contributed by atoms with Gasteiger partial charge in [0.2, 0.25) is 0 Å². The third-order valence-electron chi connectivity index (χ3n) is 0.816. The largest absolute Gasteiger partial charge is 0.504 e. The molecule has 1 heterocycles. The number of pyridine rings is 1. The molecule has 0 spiro atoms. The summed E-state index contributed by atoms with van der Waals surface area (Å²) >= 11 is 0. The fraction of sp³-hybridized carbons (Fsp3) is 0. The Morgan fingerprint density at radius 1 is 1.17 bits per heavy atom. The number of halogens is 4. The number of nitrogens with two attached hydrogens (primary N) is 1. The van der Waals surface area contributed by atoms with Crippen LogP contribution >= 0.6 is 49.6 Å². The van der Waals surface area contributed by atoms with Gasteiger partial charge in [0.1, 0.15) is 0 Å². The lowest BCUT2D eigenvalue weighted by atomic mass is 10.4. The van der Waals surface area contributed by atoms with E-state index in [1.54, 1.807) is 6.07 Å². The van der Waals surface area contributed by atoms with E-state index < -0.39 is 0 Å². The average molecular weight is 256 g/mol. The Labute approximate surface area is 95.4 Å². The number of hydrogen-bond acceptors (Lipinski definition) is 3. The second-order valence-corrected chi connectivity index (χ2v) is 1.41. The van der Waals surface area contributed by atoms with Crippen LogP contribution in [0, 0.1) is 0 Å². The summed E-state index contributed by atoms with van der Waals surface area (Å²) in [5.41, 5.74) is 5.16. The van der Waals surface area contributed by atoms with Gasteiger partial charge < -0.3 is 10.8 Å². The lowest BCUT2D eigenvalue weighted by Crippen LogP contribution is -1.87. The quantitative estimate of drug-likeness (QED) is 0.746. The van der Waals surface area contributed by atoms with Crippen molar-refractivity contribution < 1.29 is 5.11 Å². The van der Waals surface area contributed by atoms with Gasteiger partial charge in [-0.05, 0) is 12.1 Å². The molecule has 0 amide bonds. The molecule has 0 saturated carbocycles. The van der Waals surface area contributed by atoms with Gasteiger partial charge in [-0.15, -0.1) is 49.6 Å². The van der Waals surface area contributed by atoms with Gasteiger partial charge >= 0.3 is 0 Å². The molecule has 1 rings (SSSR count). The summed E-state index contributed by atoms with van der Waals surface area (Å²) < 4.78 is 0. The molecule has 0 unspecified atom stereocenters. The van der Waals surface area contributed by atoms with E-state index in [1.165, 1.54) is 12.3 Å². The Balaban J connectivity index is -0.0000000800. The molecular formula is C5H10Cl4N2O. The molecule has 3 nitrogen and oxygen atoms in total. The number of aromatic nitrogens is 1. The van der Waals surface area contributed by atoms with Crippen LogP contribution in [-0.4, -0.2) is 10.1 Å². The smallest absolute Gasteiger partial charge is 0.165 e. The van der Waals surface area contributed by atoms with Crippen LogP contribution in [-0.2, 0) is 0 Å². The molecule has 3 N–H and O–H groups in total. The van der Waals surface area contributed by atoms with Crippen molar-refractivity contribution in [3.63, 3.8) is 0 Å². The molecule has 0 atom stereocenters. The van der Waals surface area contributed by atoms with E-state index in [0.29, 0.717) is 0 Å². The topological polar surface area (TPSA) is 59.1 Å². The van der Waals surface area contributed by atoms with Crippen LogP contribution in [0.15, 0.2) is 18.3 Å². The predicted octanol–water partition coefficient (Wildman–Crippen LogP) is 2.06. The van der Waals surface area contributed by atoms with Crippen LogP contribution < -0.4 is 5.73 Å². The minimum Gasteiger partial charge on any atom is -0.504 e. The first-order valence-corrected chi connectivity index (χ1v) is 2.20. The first-order valence-electron chi connectivity index (χ1n) is 2.20. The molecule has 0 fully saturated rings. The van der Waals surface area contributed by atoms with Crippen molar-refractivity contribution in [2.45, 2.75) is 0 Å². The monoisotopic (exact) mass is 254 g/mol. The number of aromatic hydroxyl groups is 1. The molecule has 0 radical (unpaired) electrons.